The maximum atomic E-state index is 5.45. The molecule has 150 valence electrons. The topological polar surface area (TPSA) is 15.4 Å². The highest BCUT2D eigenvalue weighted by molar-refractivity contribution is 6.07. The number of hydrogen-bond acceptors (Lipinski definition) is 2. The van der Waals surface area contributed by atoms with E-state index in [4.69, 9.17) is 4.99 Å². The molecule has 0 amide bonds. The van der Waals surface area contributed by atoms with E-state index in [9.17, 15) is 0 Å². The number of aliphatic imine (C=N–C) groups is 1. The molecule has 2 nitrogen and oxygen atoms in total. The van der Waals surface area contributed by atoms with Gasteiger partial charge < -0.3 is 0 Å². The fraction of sp³-hybridized carbons (Fsp3) is 0.138. The van der Waals surface area contributed by atoms with E-state index >= 15 is 0 Å². The first-order valence-corrected chi connectivity index (χ1v) is 11.0. The molecule has 0 aliphatic carbocycles. The lowest BCUT2D eigenvalue weighted by Gasteiger charge is -2.32. The van der Waals surface area contributed by atoms with Gasteiger partial charge in [-0.15, -0.1) is 0 Å². The minimum absolute atomic E-state index is 0.0590. The monoisotopic (exact) mass is 400 g/mol. The highest BCUT2D eigenvalue weighted by atomic mass is 15.4. The van der Waals surface area contributed by atoms with E-state index in [0.717, 1.165) is 0 Å². The Labute approximate surface area is 183 Å². The quantitative estimate of drug-likeness (QED) is 0.362. The molecule has 2 heterocycles. The highest BCUT2D eigenvalue weighted by Gasteiger charge is 2.59. The van der Waals surface area contributed by atoms with Crippen LogP contribution in [0.1, 0.15) is 40.4 Å². The van der Waals surface area contributed by atoms with E-state index in [-0.39, 0.29) is 12.1 Å². The predicted octanol–water partition coefficient (Wildman–Crippen LogP) is 6.40. The number of nitrogens with zero attached hydrogens (tertiary/aromatic N) is 2. The third kappa shape index (κ3) is 3.20. The Morgan fingerprint density at radius 3 is 1.45 bits per heavy atom. The molecular formula is C29H24N2. The first-order valence-electron chi connectivity index (χ1n) is 11.0. The second kappa shape index (κ2) is 7.64. The Kier molecular flexibility index (Phi) is 4.51. The van der Waals surface area contributed by atoms with Crippen LogP contribution in [0.2, 0.25) is 0 Å². The summed E-state index contributed by atoms with van der Waals surface area (Å²) >= 11 is 0. The molecule has 0 N–H and O–H groups in total. The minimum atomic E-state index is 0.0590. The molecule has 31 heavy (non-hydrogen) atoms. The first kappa shape index (κ1) is 18.3. The van der Waals surface area contributed by atoms with E-state index in [1.807, 2.05) is 0 Å². The lowest BCUT2D eigenvalue weighted by Crippen LogP contribution is -2.29. The maximum absolute atomic E-state index is 5.45. The third-order valence-corrected chi connectivity index (χ3v) is 6.52. The van der Waals surface area contributed by atoms with Crippen molar-refractivity contribution in [1.82, 2.24) is 4.90 Å². The van der Waals surface area contributed by atoms with Crippen LogP contribution in [0.15, 0.2) is 126 Å². The van der Waals surface area contributed by atoms with E-state index in [1.54, 1.807) is 0 Å². The molecule has 1 fully saturated rings. The number of fused-ring (bicyclic) bond motifs is 1. The fourth-order valence-corrected chi connectivity index (χ4v) is 5.12. The van der Waals surface area contributed by atoms with Crippen molar-refractivity contribution in [3.8, 4) is 0 Å². The van der Waals surface area contributed by atoms with Gasteiger partial charge in [0.1, 0.15) is 0 Å². The van der Waals surface area contributed by atoms with Gasteiger partial charge in [-0.05, 0) is 22.3 Å². The van der Waals surface area contributed by atoms with Crippen molar-refractivity contribution >= 4 is 5.71 Å². The first-order chi connectivity index (χ1) is 15.4. The molecule has 2 heteroatoms. The lowest BCUT2D eigenvalue weighted by molar-refractivity contribution is 0.311. The van der Waals surface area contributed by atoms with Crippen LogP contribution >= 0.6 is 0 Å². The molecule has 0 aromatic heterocycles. The molecule has 5 atom stereocenters. The SMILES string of the molecule is c1ccc(C2=N[C@H](c3ccccc3)[C@@H](c3ccccc3)N3[C@H]2[C@H]3c2ccccc2)cc1. The predicted molar refractivity (Wildman–Crippen MR) is 126 cm³/mol. The van der Waals surface area contributed by atoms with Crippen molar-refractivity contribution in [3.05, 3.63) is 144 Å². The Hall–Kier alpha value is -3.49. The van der Waals surface area contributed by atoms with Crippen LogP contribution in [0.25, 0.3) is 0 Å². The van der Waals surface area contributed by atoms with Gasteiger partial charge in [0.05, 0.1) is 29.9 Å². The van der Waals surface area contributed by atoms with Crippen LogP contribution in [0, 0.1) is 0 Å². The van der Waals surface area contributed by atoms with Gasteiger partial charge in [-0.25, -0.2) is 0 Å². The van der Waals surface area contributed by atoms with Crippen LogP contribution < -0.4 is 0 Å². The largest absolute Gasteiger partial charge is 0.277 e. The lowest BCUT2D eigenvalue weighted by atomic mass is 9.91. The smallest absolute Gasteiger partial charge is 0.0950 e. The summed E-state index contributed by atoms with van der Waals surface area (Å²) in [6, 6.07) is 44.2. The standard InChI is InChI=1S/C29H24N2/c1-5-13-21(14-6-1)25-27(23-17-9-3-10-18-23)31-28(24-19-11-4-12-20-24)29(31)26(30-25)22-15-7-2-8-16-22/h1-20,25,27-29H/t25-,27-,28-,29-,31?/m1/s1. The third-order valence-electron chi connectivity index (χ3n) is 6.52. The van der Waals surface area contributed by atoms with E-state index in [1.165, 1.54) is 28.0 Å². The summed E-state index contributed by atoms with van der Waals surface area (Å²) in [6.07, 6.45) is 0. The summed E-state index contributed by atoms with van der Waals surface area (Å²) in [4.78, 5) is 8.12. The van der Waals surface area contributed by atoms with Gasteiger partial charge in [0.15, 0.2) is 0 Å². The summed E-state index contributed by atoms with van der Waals surface area (Å²) in [6.45, 7) is 0. The maximum Gasteiger partial charge on any atom is 0.0950 e. The van der Waals surface area contributed by atoms with Crippen molar-refractivity contribution in [2.75, 3.05) is 0 Å². The zero-order chi connectivity index (χ0) is 20.6. The van der Waals surface area contributed by atoms with Crippen LogP contribution in [-0.4, -0.2) is 16.7 Å². The van der Waals surface area contributed by atoms with E-state index in [0.29, 0.717) is 12.1 Å². The second-order valence-corrected chi connectivity index (χ2v) is 8.34. The minimum Gasteiger partial charge on any atom is -0.277 e. The molecular weight excluding hydrogens is 376 g/mol. The van der Waals surface area contributed by atoms with Crippen LogP contribution in [0.5, 0.6) is 0 Å². The fourth-order valence-electron chi connectivity index (χ4n) is 5.12. The zero-order valence-corrected chi connectivity index (χ0v) is 17.3. The molecule has 2 aliphatic rings. The summed E-state index contributed by atoms with van der Waals surface area (Å²) in [7, 11) is 0. The molecule has 2 aliphatic heterocycles. The van der Waals surface area contributed by atoms with Crippen LogP contribution in [0.4, 0.5) is 0 Å². The van der Waals surface area contributed by atoms with Crippen LogP contribution in [-0.2, 0) is 0 Å². The Bertz CT molecular complexity index is 1190. The van der Waals surface area contributed by atoms with Crippen molar-refractivity contribution in [1.29, 1.82) is 0 Å². The van der Waals surface area contributed by atoms with E-state index in [2.05, 4.69) is 126 Å². The van der Waals surface area contributed by atoms with Gasteiger partial charge in [0.25, 0.3) is 0 Å². The van der Waals surface area contributed by atoms with Gasteiger partial charge in [-0.3, -0.25) is 9.89 Å². The molecule has 4 aromatic rings. The summed E-state index contributed by atoms with van der Waals surface area (Å²) < 4.78 is 0. The molecule has 0 spiro atoms. The van der Waals surface area contributed by atoms with Crippen molar-refractivity contribution < 1.29 is 0 Å². The van der Waals surface area contributed by atoms with Gasteiger partial charge >= 0.3 is 0 Å². The number of benzene rings is 4. The Balaban J connectivity index is 1.54. The second-order valence-electron chi connectivity index (χ2n) is 8.34. The molecule has 1 saturated heterocycles. The molecule has 0 saturated carbocycles. The number of rotatable bonds is 4. The van der Waals surface area contributed by atoms with E-state index < -0.39 is 0 Å². The molecule has 0 bridgehead atoms. The Morgan fingerprint density at radius 2 is 0.903 bits per heavy atom. The molecule has 1 unspecified atom stereocenters. The molecule has 4 aromatic carbocycles. The average molecular weight is 401 g/mol. The molecule has 0 radical (unpaired) electrons. The van der Waals surface area contributed by atoms with Gasteiger partial charge in [-0.1, -0.05) is 121 Å². The van der Waals surface area contributed by atoms with Gasteiger partial charge in [-0.2, -0.15) is 0 Å². The number of hydrogen-bond donors (Lipinski definition) is 0. The van der Waals surface area contributed by atoms with Gasteiger partial charge in [0.2, 0.25) is 0 Å². The average Bonchev–Trinajstić information content (AvgIpc) is 3.61. The zero-order valence-electron chi connectivity index (χ0n) is 17.3. The highest BCUT2D eigenvalue weighted by Crippen LogP contribution is 2.58. The van der Waals surface area contributed by atoms with Crippen molar-refractivity contribution in [2.45, 2.75) is 24.2 Å². The normalized spacial score (nSPS) is 26.6. The summed E-state index contributed by atoms with van der Waals surface area (Å²) in [5.74, 6) is 0. The van der Waals surface area contributed by atoms with Crippen molar-refractivity contribution in [2.24, 2.45) is 4.99 Å². The Morgan fingerprint density at radius 1 is 0.452 bits per heavy atom. The van der Waals surface area contributed by atoms with Crippen LogP contribution in [0.3, 0.4) is 0 Å². The van der Waals surface area contributed by atoms with Crippen molar-refractivity contribution in [3.63, 3.8) is 0 Å². The summed E-state index contributed by atoms with van der Waals surface area (Å²) in [5.41, 5.74) is 6.39. The summed E-state index contributed by atoms with van der Waals surface area (Å²) in [5, 5.41) is 0. The molecule has 6 rings (SSSR count). The van der Waals surface area contributed by atoms with Gasteiger partial charge in [0, 0.05) is 0 Å².